The van der Waals surface area contributed by atoms with Gasteiger partial charge in [-0.1, -0.05) is 18.2 Å². The second kappa shape index (κ2) is 10.5. The third-order valence-corrected chi connectivity index (χ3v) is 3.81. The summed E-state index contributed by atoms with van der Waals surface area (Å²) in [4.78, 5) is 24.2. The summed E-state index contributed by atoms with van der Waals surface area (Å²) in [6.45, 7) is 3.77. The Bertz CT molecular complexity index is 943. The number of amides is 1. The highest BCUT2D eigenvalue weighted by Crippen LogP contribution is 2.25. The minimum Gasteiger partial charge on any atom is -0.495 e. The molecule has 29 heavy (non-hydrogen) atoms. The first-order valence-electron chi connectivity index (χ1n) is 8.93. The third kappa shape index (κ3) is 6.40. The number of anilines is 1. The molecule has 7 heteroatoms. The minimum atomic E-state index is -0.882. The normalized spacial score (nSPS) is 10.6. The Morgan fingerprint density at radius 2 is 1.90 bits per heavy atom. The number of aryl methyl sites for hydroxylation is 1. The molecule has 0 saturated heterocycles. The molecule has 2 aromatic rings. The zero-order valence-corrected chi connectivity index (χ0v) is 16.5. The van der Waals surface area contributed by atoms with Crippen LogP contribution in [0, 0.1) is 18.3 Å². The molecule has 0 radical (unpaired) electrons. The number of esters is 1. The van der Waals surface area contributed by atoms with Crippen molar-refractivity contribution in [2.75, 3.05) is 25.6 Å². The molecule has 0 fully saturated rings. The van der Waals surface area contributed by atoms with Gasteiger partial charge in [-0.25, -0.2) is 4.79 Å². The molecule has 0 aliphatic rings. The van der Waals surface area contributed by atoms with Crippen LogP contribution >= 0.6 is 0 Å². The van der Waals surface area contributed by atoms with E-state index in [4.69, 9.17) is 14.2 Å². The quantitative estimate of drug-likeness (QED) is 0.418. The molecule has 0 spiro atoms. The Balaban J connectivity index is 1.98. The number of rotatable bonds is 8. The monoisotopic (exact) mass is 394 g/mol. The van der Waals surface area contributed by atoms with Gasteiger partial charge in [0.1, 0.15) is 23.1 Å². The lowest BCUT2D eigenvalue weighted by atomic mass is 10.1. The highest BCUT2D eigenvalue weighted by Gasteiger charge is 2.14. The maximum absolute atomic E-state index is 12.1. The molecule has 150 valence electrons. The topological polar surface area (TPSA) is 97.6 Å². The summed E-state index contributed by atoms with van der Waals surface area (Å²) in [5.41, 5.74) is 1.83. The zero-order chi connectivity index (χ0) is 21.2. The fourth-order valence-corrected chi connectivity index (χ4v) is 2.45. The van der Waals surface area contributed by atoms with Crippen molar-refractivity contribution in [1.82, 2.24) is 0 Å². The lowest BCUT2D eigenvalue weighted by Gasteiger charge is -2.11. The molecule has 2 aromatic carbocycles. The van der Waals surface area contributed by atoms with Crippen LogP contribution in [-0.2, 0) is 14.3 Å². The van der Waals surface area contributed by atoms with Crippen molar-refractivity contribution >= 4 is 23.6 Å². The van der Waals surface area contributed by atoms with Crippen LogP contribution in [0.5, 0.6) is 11.5 Å². The van der Waals surface area contributed by atoms with Crippen molar-refractivity contribution in [1.29, 1.82) is 5.26 Å². The van der Waals surface area contributed by atoms with Crippen LogP contribution in [0.15, 0.2) is 48.0 Å². The summed E-state index contributed by atoms with van der Waals surface area (Å²) < 4.78 is 15.5. The average Bonchev–Trinajstić information content (AvgIpc) is 2.72. The van der Waals surface area contributed by atoms with E-state index in [9.17, 15) is 14.9 Å². The van der Waals surface area contributed by atoms with Gasteiger partial charge in [-0.3, -0.25) is 4.79 Å². The summed E-state index contributed by atoms with van der Waals surface area (Å²) in [6.07, 6.45) is 1.39. The number of benzene rings is 2. The second-order valence-electron chi connectivity index (χ2n) is 6.00. The van der Waals surface area contributed by atoms with Gasteiger partial charge in [-0.05, 0) is 55.3 Å². The van der Waals surface area contributed by atoms with Gasteiger partial charge >= 0.3 is 5.97 Å². The van der Waals surface area contributed by atoms with Crippen LogP contribution in [0.3, 0.4) is 0 Å². The smallest absolute Gasteiger partial charge is 0.349 e. The number of nitriles is 1. The van der Waals surface area contributed by atoms with Gasteiger partial charge in [0.25, 0.3) is 5.91 Å². The molecular weight excluding hydrogens is 372 g/mol. The first-order chi connectivity index (χ1) is 14.0. The molecule has 7 nitrogen and oxygen atoms in total. The van der Waals surface area contributed by atoms with Gasteiger partial charge in [0.15, 0.2) is 6.61 Å². The molecular formula is C22H22N2O5. The maximum atomic E-state index is 12.1. The van der Waals surface area contributed by atoms with E-state index in [0.29, 0.717) is 29.4 Å². The molecule has 1 N–H and O–H groups in total. The Morgan fingerprint density at radius 3 is 2.52 bits per heavy atom. The van der Waals surface area contributed by atoms with E-state index < -0.39 is 18.5 Å². The van der Waals surface area contributed by atoms with E-state index >= 15 is 0 Å². The molecule has 0 saturated carbocycles. The fraction of sp³-hybridized carbons (Fsp3) is 0.227. The molecule has 0 aliphatic heterocycles. The first-order valence-corrected chi connectivity index (χ1v) is 8.93. The number of methoxy groups -OCH3 is 1. The average molecular weight is 394 g/mol. The highest BCUT2D eigenvalue weighted by atomic mass is 16.5. The Morgan fingerprint density at radius 1 is 1.17 bits per heavy atom. The van der Waals surface area contributed by atoms with Gasteiger partial charge in [0.05, 0.1) is 19.4 Å². The first kappa shape index (κ1) is 21.5. The molecule has 0 unspecified atom stereocenters. The highest BCUT2D eigenvalue weighted by molar-refractivity contribution is 6.00. The summed E-state index contributed by atoms with van der Waals surface area (Å²) >= 11 is 0. The lowest BCUT2D eigenvalue weighted by molar-refractivity contribution is -0.142. The summed E-state index contributed by atoms with van der Waals surface area (Å²) in [7, 11) is 1.49. The minimum absolute atomic E-state index is 0.213. The van der Waals surface area contributed by atoms with Crippen molar-refractivity contribution in [3.05, 3.63) is 59.2 Å². The predicted molar refractivity (Wildman–Crippen MR) is 109 cm³/mol. The number of carbonyl (C=O) groups excluding carboxylic acids is 2. The Hall–Kier alpha value is -3.79. The van der Waals surface area contributed by atoms with Crippen molar-refractivity contribution in [3.8, 4) is 17.6 Å². The lowest BCUT2D eigenvalue weighted by Crippen LogP contribution is -2.21. The zero-order valence-electron chi connectivity index (χ0n) is 16.5. The fourth-order valence-electron chi connectivity index (χ4n) is 2.45. The van der Waals surface area contributed by atoms with Crippen molar-refractivity contribution in [3.63, 3.8) is 0 Å². The number of nitrogens with one attached hydrogen (secondary N) is 1. The van der Waals surface area contributed by atoms with E-state index in [-0.39, 0.29) is 5.57 Å². The van der Waals surface area contributed by atoms with Crippen LogP contribution in [0.4, 0.5) is 5.69 Å². The third-order valence-electron chi connectivity index (χ3n) is 3.81. The predicted octanol–water partition coefficient (Wildman–Crippen LogP) is 3.49. The van der Waals surface area contributed by atoms with E-state index in [0.717, 1.165) is 5.56 Å². The second-order valence-corrected chi connectivity index (χ2v) is 6.00. The largest absolute Gasteiger partial charge is 0.495 e. The van der Waals surface area contributed by atoms with Gasteiger partial charge < -0.3 is 19.5 Å². The molecule has 0 bridgehead atoms. The van der Waals surface area contributed by atoms with Crippen molar-refractivity contribution in [2.24, 2.45) is 0 Å². The van der Waals surface area contributed by atoms with Crippen LogP contribution in [0.25, 0.3) is 6.08 Å². The molecule has 0 heterocycles. The van der Waals surface area contributed by atoms with Gasteiger partial charge in [0.2, 0.25) is 0 Å². The van der Waals surface area contributed by atoms with Crippen molar-refractivity contribution < 1.29 is 23.8 Å². The van der Waals surface area contributed by atoms with Crippen LogP contribution < -0.4 is 14.8 Å². The molecule has 0 atom stereocenters. The maximum Gasteiger partial charge on any atom is 0.349 e. The summed E-state index contributed by atoms with van der Waals surface area (Å²) in [5.74, 6) is -0.245. The summed E-state index contributed by atoms with van der Waals surface area (Å²) in [6, 6.07) is 14.0. The van der Waals surface area contributed by atoms with Crippen molar-refractivity contribution in [2.45, 2.75) is 13.8 Å². The molecule has 1 amide bonds. The molecule has 2 rings (SSSR count). The number of carbonyl (C=O) groups is 2. The number of hydrogen-bond donors (Lipinski definition) is 1. The van der Waals surface area contributed by atoms with Crippen LogP contribution in [-0.4, -0.2) is 32.2 Å². The van der Waals surface area contributed by atoms with E-state index in [1.807, 2.05) is 19.9 Å². The van der Waals surface area contributed by atoms with Gasteiger partial charge in [-0.15, -0.1) is 0 Å². The van der Waals surface area contributed by atoms with E-state index in [1.165, 1.54) is 13.2 Å². The van der Waals surface area contributed by atoms with Crippen LogP contribution in [0.1, 0.15) is 18.1 Å². The van der Waals surface area contributed by atoms with Gasteiger partial charge in [-0.2, -0.15) is 5.26 Å². The van der Waals surface area contributed by atoms with Crippen LogP contribution in [0.2, 0.25) is 0 Å². The Kier molecular flexibility index (Phi) is 7.80. The molecule has 0 aliphatic carbocycles. The van der Waals surface area contributed by atoms with E-state index in [1.54, 1.807) is 42.5 Å². The summed E-state index contributed by atoms with van der Waals surface area (Å²) in [5, 5.41) is 11.9. The number of nitrogens with zero attached hydrogens (tertiary/aromatic N) is 1. The molecule has 0 aromatic heterocycles. The number of hydrogen-bond acceptors (Lipinski definition) is 6. The van der Waals surface area contributed by atoms with E-state index in [2.05, 4.69) is 5.32 Å². The number of ether oxygens (including phenoxy) is 3. The Labute approximate surface area is 169 Å². The van der Waals surface area contributed by atoms with Gasteiger partial charge in [0, 0.05) is 0 Å². The standard InChI is InChI=1S/C22H22N2O5/c1-4-28-18-8-6-16(7-9-18)12-17(13-23)22(26)29-14-21(25)24-19-11-15(2)5-10-20(19)27-3/h5-12H,4,14H2,1-3H3,(H,24,25)/b17-12+. The SMILES string of the molecule is CCOc1ccc(/C=C(\C#N)C(=O)OCC(=O)Nc2cc(C)ccc2OC)cc1.